The molecule has 0 spiro atoms. The van der Waals surface area contributed by atoms with Gasteiger partial charge >= 0.3 is 5.82 Å². The molecule has 10 heteroatoms. The molecule has 0 unspecified atom stereocenters. The van der Waals surface area contributed by atoms with Crippen molar-refractivity contribution >= 4 is 0 Å². The fourth-order valence-electron chi connectivity index (χ4n) is 2.92. The van der Waals surface area contributed by atoms with Crippen LogP contribution in [0.3, 0.4) is 0 Å². The van der Waals surface area contributed by atoms with Crippen LogP contribution in [0.25, 0.3) is 22.8 Å². The summed E-state index contributed by atoms with van der Waals surface area (Å²) < 4.78 is 48.4. The molecular formula is C22H20ClN3O6. The molecule has 0 bridgehead atoms. The zero-order valence-electron chi connectivity index (χ0n) is 17.3. The molecule has 0 N–H and O–H groups in total. The summed E-state index contributed by atoms with van der Waals surface area (Å²) in [6.45, 7) is 0. The summed E-state index contributed by atoms with van der Waals surface area (Å²) >= 11 is 0. The molecule has 1 heterocycles. The number of aromatic nitrogens is 3. The average molecular weight is 458 g/mol. The second-order valence-corrected chi connectivity index (χ2v) is 7.15. The second-order valence-electron chi connectivity index (χ2n) is 6.39. The molecule has 166 valence electrons. The molecule has 32 heavy (non-hydrogen) atoms. The van der Waals surface area contributed by atoms with Gasteiger partial charge in [0.2, 0.25) is 6.33 Å². The van der Waals surface area contributed by atoms with Gasteiger partial charge in [0.15, 0.2) is 0 Å². The standard InChI is InChI=1S/C22H20N3O2.ClHO4/c1-26-20-12-8-18(9-13-20)24-16-25(19-10-14-21(27-2)15-11-19)23-22(24)17-6-4-3-5-7-17;2-1(3,4)5/h3-16H,1-2H3;(H,2,3,4,5)/q+1;/p-1. The van der Waals surface area contributed by atoms with Crippen LogP contribution >= 0.6 is 0 Å². The molecule has 0 radical (unpaired) electrons. The smallest absolute Gasteiger partial charge is 0.314 e. The summed E-state index contributed by atoms with van der Waals surface area (Å²) in [5, 5.41) is 4.83. The minimum absolute atomic E-state index is 0.817. The largest absolute Gasteiger partial charge is 0.497 e. The fraction of sp³-hybridized carbons (Fsp3) is 0.0909. The van der Waals surface area contributed by atoms with Crippen LogP contribution in [0.2, 0.25) is 0 Å². The fourth-order valence-corrected chi connectivity index (χ4v) is 2.92. The lowest BCUT2D eigenvalue weighted by molar-refractivity contribution is -2.00. The summed E-state index contributed by atoms with van der Waals surface area (Å²) in [6, 6.07) is 25.9. The zero-order valence-corrected chi connectivity index (χ0v) is 18.0. The van der Waals surface area contributed by atoms with Gasteiger partial charge in [-0.25, -0.2) is 18.6 Å². The quantitative estimate of drug-likeness (QED) is 0.354. The molecule has 1 aromatic heterocycles. The SMILES string of the molecule is COc1ccc(-n2c[n+](-c3ccc(OC)cc3)c(-c3ccccc3)n2)cc1.[O-][Cl+3]([O-])([O-])[O-]. The van der Waals surface area contributed by atoms with E-state index in [9.17, 15) is 0 Å². The van der Waals surface area contributed by atoms with E-state index in [-0.39, 0.29) is 0 Å². The van der Waals surface area contributed by atoms with E-state index in [1.807, 2.05) is 77.7 Å². The molecule has 3 aromatic carbocycles. The lowest BCUT2D eigenvalue weighted by Gasteiger charge is -2.17. The predicted molar refractivity (Wildman–Crippen MR) is 104 cm³/mol. The van der Waals surface area contributed by atoms with Crippen molar-refractivity contribution in [1.29, 1.82) is 0 Å². The number of methoxy groups -OCH3 is 2. The number of benzene rings is 3. The van der Waals surface area contributed by atoms with Gasteiger partial charge in [-0.3, -0.25) is 0 Å². The van der Waals surface area contributed by atoms with E-state index in [0.717, 1.165) is 34.3 Å². The van der Waals surface area contributed by atoms with Gasteiger partial charge in [0.25, 0.3) is 0 Å². The van der Waals surface area contributed by atoms with E-state index < -0.39 is 10.2 Å². The Labute approximate surface area is 186 Å². The van der Waals surface area contributed by atoms with Crippen molar-refractivity contribution in [3.8, 4) is 34.3 Å². The molecule has 4 rings (SSSR count). The first kappa shape index (κ1) is 23.2. The summed E-state index contributed by atoms with van der Waals surface area (Å²) in [7, 11) is -1.62. The minimum Gasteiger partial charge on any atom is -0.497 e. The molecule has 0 amide bonds. The molecule has 0 aliphatic carbocycles. The van der Waals surface area contributed by atoms with Gasteiger partial charge in [0, 0.05) is 0 Å². The Morgan fingerprint density at radius 3 is 1.75 bits per heavy atom. The summed E-state index contributed by atoms with van der Waals surface area (Å²) in [4.78, 5) is 0. The maximum absolute atomic E-state index is 8.49. The van der Waals surface area contributed by atoms with E-state index >= 15 is 0 Å². The number of nitrogens with zero attached hydrogens (tertiary/aromatic N) is 3. The normalized spacial score (nSPS) is 10.8. The van der Waals surface area contributed by atoms with Crippen LogP contribution in [0.4, 0.5) is 0 Å². The van der Waals surface area contributed by atoms with E-state index in [1.54, 1.807) is 14.2 Å². The summed E-state index contributed by atoms with van der Waals surface area (Å²) in [6.07, 6.45) is 1.98. The first-order valence-corrected chi connectivity index (χ1v) is 10.5. The van der Waals surface area contributed by atoms with Crippen molar-refractivity contribution in [2.45, 2.75) is 0 Å². The number of halogens is 1. The van der Waals surface area contributed by atoms with Gasteiger partial charge < -0.3 is 9.47 Å². The molecule has 9 nitrogen and oxygen atoms in total. The molecule has 0 aliphatic rings. The predicted octanol–water partition coefficient (Wildman–Crippen LogP) is -0.923. The second kappa shape index (κ2) is 10.2. The molecular weight excluding hydrogens is 438 g/mol. The van der Waals surface area contributed by atoms with E-state index in [2.05, 4.69) is 16.7 Å². The highest BCUT2D eigenvalue weighted by Gasteiger charge is 2.21. The van der Waals surface area contributed by atoms with Crippen molar-refractivity contribution < 1.29 is 42.9 Å². The van der Waals surface area contributed by atoms with Gasteiger partial charge in [0.05, 0.1) is 24.9 Å². The molecule has 0 atom stereocenters. The Hall–Kier alpha value is -3.47. The van der Waals surface area contributed by atoms with Gasteiger partial charge in [-0.15, -0.1) is 10.2 Å². The van der Waals surface area contributed by atoms with Crippen molar-refractivity contribution in [1.82, 2.24) is 9.78 Å². The Bertz CT molecular complexity index is 1120. The number of hydrogen-bond acceptors (Lipinski definition) is 7. The lowest BCUT2D eigenvalue weighted by Crippen LogP contribution is -2.68. The number of ether oxygens (including phenoxy) is 2. The summed E-state index contributed by atoms with van der Waals surface area (Å²) in [5.41, 5.74) is 3.01. The van der Waals surface area contributed by atoms with E-state index in [4.69, 9.17) is 33.2 Å². The monoisotopic (exact) mass is 457 g/mol. The van der Waals surface area contributed by atoms with Crippen LogP contribution in [-0.4, -0.2) is 24.0 Å². The third-order valence-electron chi connectivity index (χ3n) is 4.38. The number of rotatable bonds is 5. The van der Waals surface area contributed by atoms with Crippen LogP contribution in [0.15, 0.2) is 85.2 Å². The maximum Gasteiger partial charge on any atom is 0.314 e. The first-order chi connectivity index (χ1) is 15.3. The van der Waals surface area contributed by atoms with E-state index in [1.165, 1.54) is 0 Å². The topological polar surface area (TPSA) is 132 Å². The first-order valence-electron chi connectivity index (χ1n) is 9.26. The van der Waals surface area contributed by atoms with Gasteiger partial charge in [-0.1, -0.05) is 22.9 Å². The third-order valence-corrected chi connectivity index (χ3v) is 4.38. The van der Waals surface area contributed by atoms with Crippen LogP contribution in [0.1, 0.15) is 0 Å². The lowest BCUT2D eigenvalue weighted by atomic mass is 10.2. The van der Waals surface area contributed by atoms with Crippen LogP contribution in [0, 0.1) is 10.2 Å². The molecule has 0 saturated carbocycles. The minimum atomic E-state index is -4.94. The Kier molecular flexibility index (Phi) is 7.41. The third kappa shape index (κ3) is 6.27. The summed E-state index contributed by atoms with van der Waals surface area (Å²) in [5.74, 6) is 2.50. The number of hydrogen-bond donors (Lipinski definition) is 0. The highest BCUT2D eigenvalue weighted by atomic mass is 35.7. The zero-order chi connectivity index (χ0) is 23.1. The van der Waals surface area contributed by atoms with Crippen molar-refractivity contribution in [3.63, 3.8) is 0 Å². The van der Waals surface area contributed by atoms with Crippen LogP contribution < -0.4 is 32.7 Å². The van der Waals surface area contributed by atoms with E-state index in [0.29, 0.717) is 0 Å². The Morgan fingerprint density at radius 2 is 1.25 bits per heavy atom. The van der Waals surface area contributed by atoms with Crippen LogP contribution in [-0.2, 0) is 0 Å². The molecule has 4 aromatic rings. The Morgan fingerprint density at radius 1 is 0.750 bits per heavy atom. The highest BCUT2D eigenvalue weighted by molar-refractivity contribution is 5.52. The molecule has 0 fully saturated rings. The van der Waals surface area contributed by atoms with Crippen LogP contribution in [0.5, 0.6) is 11.5 Å². The highest BCUT2D eigenvalue weighted by Crippen LogP contribution is 2.19. The average Bonchev–Trinajstić information content (AvgIpc) is 3.24. The van der Waals surface area contributed by atoms with Gasteiger partial charge in [-0.2, -0.15) is 4.57 Å². The maximum atomic E-state index is 8.49. The molecule has 0 saturated heterocycles. The Balaban J connectivity index is 0.000000523. The van der Waals surface area contributed by atoms with Crippen molar-refractivity contribution in [2.24, 2.45) is 0 Å². The van der Waals surface area contributed by atoms with Crippen molar-refractivity contribution in [3.05, 3.63) is 85.2 Å². The van der Waals surface area contributed by atoms with Gasteiger partial charge in [-0.05, 0) is 60.7 Å². The molecule has 0 aliphatic heterocycles. The van der Waals surface area contributed by atoms with Gasteiger partial charge in [0.1, 0.15) is 22.9 Å². The van der Waals surface area contributed by atoms with Crippen molar-refractivity contribution in [2.75, 3.05) is 14.2 Å².